The second kappa shape index (κ2) is 7.94. The predicted octanol–water partition coefficient (Wildman–Crippen LogP) is 4.24. The van der Waals surface area contributed by atoms with Gasteiger partial charge in [-0.05, 0) is 35.6 Å². The van der Waals surface area contributed by atoms with Crippen LogP contribution < -0.4 is 15.9 Å². The first kappa shape index (κ1) is 18.0. The standard InChI is InChI=1S/C21H20P.Pd/c1-16-10-4-7-13-19(16)22(20-14-8-5-11-17(20)2)21-15-9-6-12-18(21)3;/h4-15H,1H2,2-3H3;/q-1;. The van der Waals surface area contributed by atoms with Crippen molar-refractivity contribution < 1.29 is 20.4 Å². The molecule has 0 aliphatic carbocycles. The van der Waals surface area contributed by atoms with Gasteiger partial charge in [0.15, 0.2) is 0 Å². The minimum absolute atomic E-state index is 0. The fourth-order valence-electron chi connectivity index (χ4n) is 2.75. The van der Waals surface area contributed by atoms with Crippen LogP contribution >= 0.6 is 7.92 Å². The van der Waals surface area contributed by atoms with Gasteiger partial charge in [-0.15, -0.1) is 17.4 Å². The van der Waals surface area contributed by atoms with Crippen molar-refractivity contribution >= 4 is 23.8 Å². The summed E-state index contributed by atoms with van der Waals surface area (Å²) in [6.07, 6.45) is 0. The Labute approximate surface area is 154 Å². The fourth-order valence-corrected chi connectivity index (χ4v) is 5.45. The van der Waals surface area contributed by atoms with E-state index < -0.39 is 7.92 Å². The minimum Gasteiger partial charge on any atom is -0.198 e. The maximum Gasteiger partial charge on any atom is 0 e. The Morgan fingerprint density at radius 3 is 1.43 bits per heavy atom. The van der Waals surface area contributed by atoms with Gasteiger partial charge in [-0.1, -0.05) is 62.5 Å². The Morgan fingerprint density at radius 2 is 1.00 bits per heavy atom. The summed E-state index contributed by atoms with van der Waals surface area (Å²) in [6, 6.07) is 26.0. The zero-order valence-electron chi connectivity index (χ0n) is 13.4. The first-order chi connectivity index (χ1) is 10.7. The zero-order chi connectivity index (χ0) is 15.5. The molecule has 0 unspecified atom stereocenters. The molecule has 0 aliphatic heterocycles. The molecule has 0 saturated carbocycles. The van der Waals surface area contributed by atoms with Crippen LogP contribution in [-0.4, -0.2) is 0 Å². The normalized spacial score (nSPS) is 10.4. The fraction of sp³-hybridized carbons (Fsp3) is 0.0952. The first-order valence-electron chi connectivity index (χ1n) is 7.51. The van der Waals surface area contributed by atoms with E-state index in [2.05, 4.69) is 93.6 Å². The molecule has 0 nitrogen and oxygen atoms in total. The van der Waals surface area contributed by atoms with Crippen LogP contribution in [-0.2, 0) is 20.4 Å². The molecule has 0 fully saturated rings. The van der Waals surface area contributed by atoms with Crippen molar-refractivity contribution in [3.63, 3.8) is 0 Å². The summed E-state index contributed by atoms with van der Waals surface area (Å²) in [4.78, 5) is 0. The van der Waals surface area contributed by atoms with Crippen LogP contribution in [0.25, 0.3) is 0 Å². The molecule has 0 radical (unpaired) electrons. The third kappa shape index (κ3) is 3.76. The van der Waals surface area contributed by atoms with Crippen molar-refractivity contribution in [1.82, 2.24) is 0 Å². The molecule has 23 heavy (non-hydrogen) atoms. The average molecular weight is 410 g/mol. The second-order valence-electron chi connectivity index (χ2n) is 5.54. The van der Waals surface area contributed by atoms with Crippen molar-refractivity contribution in [2.24, 2.45) is 0 Å². The van der Waals surface area contributed by atoms with E-state index in [-0.39, 0.29) is 20.4 Å². The topological polar surface area (TPSA) is 0 Å². The van der Waals surface area contributed by atoms with Crippen LogP contribution in [0.1, 0.15) is 16.7 Å². The van der Waals surface area contributed by atoms with E-state index in [1.807, 2.05) is 0 Å². The Kier molecular flexibility index (Phi) is 6.20. The molecule has 0 N–H and O–H groups in total. The summed E-state index contributed by atoms with van der Waals surface area (Å²) in [7, 11) is -0.571. The molecule has 3 rings (SSSR count). The SMILES string of the molecule is [CH2-]c1ccccc1P(c1ccccc1C)c1ccccc1C.[Pd]. The maximum absolute atomic E-state index is 4.27. The van der Waals surface area contributed by atoms with Gasteiger partial charge in [0.05, 0.1) is 0 Å². The van der Waals surface area contributed by atoms with E-state index in [9.17, 15) is 0 Å². The monoisotopic (exact) mass is 409 g/mol. The van der Waals surface area contributed by atoms with E-state index in [0.717, 1.165) is 5.56 Å². The molecular formula is C21H20PPd-. The molecule has 0 bridgehead atoms. The van der Waals surface area contributed by atoms with Gasteiger partial charge in [-0.2, -0.15) is 18.6 Å². The van der Waals surface area contributed by atoms with Crippen LogP contribution in [0.15, 0.2) is 72.8 Å². The van der Waals surface area contributed by atoms with Gasteiger partial charge in [0, 0.05) is 20.4 Å². The van der Waals surface area contributed by atoms with Crippen molar-refractivity contribution in [3.8, 4) is 0 Å². The molecule has 0 spiro atoms. The Balaban J connectivity index is 0.00000192. The molecule has 0 heterocycles. The molecule has 0 amide bonds. The molecule has 3 aromatic rings. The Hall–Kier alpha value is -1.38. The van der Waals surface area contributed by atoms with Crippen LogP contribution in [0.5, 0.6) is 0 Å². The summed E-state index contributed by atoms with van der Waals surface area (Å²) in [5.74, 6) is 0. The zero-order valence-corrected chi connectivity index (χ0v) is 15.8. The van der Waals surface area contributed by atoms with Gasteiger partial charge in [0.25, 0.3) is 0 Å². The van der Waals surface area contributed by atoms with E-state index >= 15 is 0 Å². The van der Waals surface area contributed by atoms with Gasteiger partial charge in [-0.3, -0.25) is 0 Å². The number of benzene rings is 3. The number of hydrogen-bond donors (Lipinski definition) is 0. The summed E-state index contributed by atoms with van der Waals surface area (Å²) in [6.45, 7) is 8.67. The predicted molar refractivity (Wildman–Crippen MR) is 99.1 cm³/mol. The number of aryl methyl sites for hydroxylation is 2. The average Bonchev–Trinajstić information content (AvgIpc) is 2.53. The summed E-state index contributed by atoms with van der Waals surface area (Å²) >= 11 is 0. The van der Waals surface area contributed by atoms with Crippen LogP contribution in [0.2, 0.25) is 0 Å². The number of hydrogen-bond acceptors (Lipinski definition) is 0. The van der Waals surface area contributed by atoms with Crippen molar-refractivity contribution in [2.45, 2.75) is 13.8 Å². The van der Waals surface area contributed by atoms with Crippen LogP contribution in [0.3, 0.4) is 0 Å². The smallest absolute Gasteiger partial charge is 0 e. The second-order valence-corrected chi connectivity index (χ2v) is 7.65. The van der Waals surface area contributed by atoms with E-state index in [4.69, 9.17) is 0 Å². The molecule has 3 aromatic carbocycles. The molecule has 120 valence electrons. The van der Waals surface area contributed by atoms with Crippen molar-refractivity contribution in [3.05, 3.63) is 96.4 Å². The molecule has 0 aromatic heterocycles. The van der Waals surface area contributed by atoms with Crippen LogP contribution in [0, 0.1) is 20.8 Å². The molecule has 0 atom stereocenters. The summed E-state index contributed by atoms with van der Waals surface area (Å²) in [5.41, 5.74) is 3.82. The quantitative estimate of drug-likeness (QED) is 0.345. The maximum atomic E-state index is 4.27. The third-order valence-electron chi connectivity index (χ3n) is 3.95. The minimum atomic E-state index is -0.571. The Bertz CT molecular complexity index is 687. The first-order valence-corrected chi connectivity index (χ1v) is 8.85. The molecular weight excluding hydrogens is 390 g/mol. The van der Waals surface area contributed by atoms with Gasteiger partial charge < -0.3 is 0 Å². The van der Waals surface area contributed by atoms with Crippen molar-refractivity contribution in [1.29, 1.82) is 0 Å². The van der Waals surface area contributed by atoms with E-state index in [0.29, 0.717) is 0 Å². The van der Waals surface area contributed by atoms with E-state index in [1.54, 1.807) is 0 Å². The van der Waals surface area contributed by atoms with Gasteiger partial charge in [-0.25, -0.2) is 0 Å². The van der Waals surface area contributed by atoms with Crippen LogP contribution in [0.4, 0.5) is 0 Å². The summed E-state index contributed by atoms with van der Waals surface area (Å²) < 4.78 is 0. The molecule has 0 aliphatic rings. The van der Waals surface area contributed by atoms with Gasteiger partial charge in [0.2, 0.25) is 0 Å². The number of rotatable bonds is 3. The van der Waals surface area contributed by atoms with Crippen molar-refractivity contribution in [2.75, 3.05) is 0 Å². The third-order valence-corrected chi connectivity index (χ3v) is 6.83. The molecule has 0 saturated heterocycles. The van der Waals surface area contributed by atoms with Gasteiger partial charge >= 0.3 is 0 Å². The van der Waals surface area contributed by atoms with E-state index in [1.165, 1.54) is 27.0 Å². The van der Waals surface area contributed by atoms with Gasteiger partial charge in [0.1, 0.15) is 0 Å². The molecule has 2 heteroatoms. The Morgan fingerprint density at radius 1 is 0.609 bits per heavy atom. The summed E-state index contributed by atoms with van der Waals surface area (Å²) in [5, 5.41) is 4.19. The largest absolute Gasteiger partial charge is 0.198 e.